The Hall–Kier alpha value is -1.26. The highest BCUT2D eigenvalue weighted by Crippen LogP contribution is 2.28. The molecule has 1 N–H and O–H groups in total. The van der Waals surface area contributed by atoms with Gasteiger partial charge in [0, 0.05) is 32.2 Å². The number of benzene rings is 1. The first-order valence-electron chi connectivity index (χ1n) is 6.40. The smallest absolute Gasteiger partial charge is 0.161 e. The Kier molecular flexibility index (Phi) is 4.44. The van der Waals surface area contributed by atoms with Crippen LogP contribution in [0.3, 0.4) is 0 Å². The fraction of sp³-hybridized carbons (Fsp3) is 0.571. The lowest BCUT2D eigenvalue weighted by Gasteiger charge is -2.34. The highest BCUT2D eigenvalue weighted by molar-refractivity contribution is 5.42. The van der Waals surface area contributed by atoms with Crippen molar-refractivity contribution in [3.63, 3.8) is 0 Å². The summed E-state index contributed by atoms with van der Waals surface area (Å²) in [6.45, 7) is 6.44. The zero-order chi connectivity index (χ0) is 13.0. The highest BCUT2D eigenvalue weighted by Gasteiger charge is 2.18. The van der Waals surface area contributed by atoms with Crippen LogP contribution in [-0.2, 0) is 6.54 Å². The van der Waals surface area contributed by atoms with Crippen LogP contribution in [0.1, 0.15) is 12.5 Å². The molecule has 0 spiro atoms. The van der Waals surface area contributed by atoms with E-state index in [1.54, 1.807) is 14.2 Å². The second-order valence-electron chi connectivity index (χ2n) is 4.71. The quantitative estimate of drug-likeness (QED) is 0.878. The Morgan fingerprint density at radius 3 is 2.72 bits per heavy atom. The number of rotatable bonds is 4. The standard InChI is InChI=1S/C14H22N2O2/c1-11-9-15-6-7-16(11)10-12-4-5-13(17-2)14(8-12)18-3/h4-5,8,11,15H,6-7,9-10H2,1-3H3/t11-/m0/s1. The van der Waals surface area contributed by atoms with Gasteiger partial charge in [-0.05, 0) is 24.6 Å². The first kappa shape index (κ1) is 13.2. The van der Waals surface area contributed by atoms with E-state index in [0.717, 1.165) is 37.7 Å². The van der Waals surface area contributed by atoms with Crippen molar-refractivity contribution in [2.75, 3.05) is 33.9 Å². The van der Waals surface area contributed by atoms with E-state index in [9.17, 15) is 0 Å². The third-order valence-corrected chi connectivity index (χ3v) is 3.47. The van der Waals surface area contributed by atoms with Gasteiger partial charge in [-0.2, -0.15) is 0 Å². The SMILES string of the molecule is COc1ccc(CN2CCNC[C@@H]2C)cc1OC. The van der Waals surface area contributed by atoms with Gasteiger partial charge in [-0.25, -0.2) is 0 Å². The number of nitrogens with zero attached hydrogens (tertiary/aromatic N) is 1. The molecule has 1 saturated heterocycles. The van der Waals surface area contributed by atoms with Gasteiger partial charge in [0.05, 0.1) is 14.2 Å². The van der Waals surface area contributed by atoms with Gasteiger partial charge >= 0.3 is 0 Å². The number of piperazine rings is 1. The van der Waals surface area contributed by atoms with Crippen LogP contribution < -0.4 is 14.8 Å². The predicted octanol–water partition coefficient (Wildman–Crippen LogP) is 1.50. The Balaban J connectivity index is 2.08. The van der Waals surface area contributed by atoms with Crippen molar-refractivity contribution in [3.8, 4) is 11.5 Å². The molecule has 4 heteroatoms. The van der Waals surface area contributed by atoms with Crippen molar-refractivity contribution in [1.82, 2.24) is 10.2 Å². The molecule has 0 amide bonds. The number of methoxy groups -OCH3 is 2. The monoisotopic (exact) mass is 250 g/mol. The number of ether oxygens (including phenoxy) is 2. The molecule has 0 radical (unpaired) electrons. The third kappa shape index (κ3) is 2.94. The van der Waals surface area contributed by atoms with Gasteiger partial charge in [0.1, 0.15) is 0 Å². The van der Waals surface area contributed by atoms with Crippen molar-refractivity contribution in [2.24, 2.45) is 0 Å². The van der Waals surface area contributed by atoms with Crippen molar-refractivity contribution >= 4 is 0 Å². The fourth-order valence-electron chi connectivity index (χ4n) is 2.33. The average molecular weight is 250 g/mol. The summed E-state index contributed by atoms with van der Waals surface area (Å²) >= 11 is 0. The largest absolute Gasteiger partial charge is 0.493 e. The van der Waals surface area contributed by atoms with E-state index >= 15 is 0 Å². The molecular weight excluding hydrogens is 228 g/mol. The Morgan fingerprint density at radius 1 is 1.28 bits per heavy atom. The van der Waals surface area contributed by atoms with Crippen LogP contribution >= 0.6 is 0 Å². The lowest BCUT2D eigenvalue weighted by molar-refractivity contribution is 0.165. The topological polar surface area (TPSA) is 33.7 Å². The van der Waals surface area contributed by atoms with Crippen LogP contribution in [0.25, 0.3) is 0 Å². The molecule has 1 aromatic carbocycles. The molecule has 0 aromatic heterocycles. The van der Waals surface area contributed by atoms with E-state index in [-0.39, 0.29) is 0 Å². The van der Waals surface area contributed by atoms with Crippen LogP contribution in [0.5, 0.6) is 11.5 Å². The Labute approximate surface area is 109 Å². The molecule has 1 aliphatic rings. The third-order valence-electron chi connectivity index (χ3n) is 3.47. The van der Waals surface area contributed by atoms with Gasteiger partial charge in [-0.15, -0.1) is 0 Å². The average Bonchev–Trinajstić information content (AvgIpc) is 2.41. The van der Waals surface area contributed by atoms with Crippen LogP contribution in [-0.4, -0.2) is 44.8 Å². The van der Waals surface area contributed by atoms with Gasteiger partial charge < -0.3 is 14.8 Å². The van der Waals surface area contributed by atoms with Gasteiger partial charge in [0.2, 0.25) is 0 Å². The van der Waals surface area contributed by atoms with Crippen LogP contribution in [0.2, 0.25) is 0 Å². The molecular formula is C14H22N2O2. The van der Waals surface area contributed by atoms with E-state index in [1.165, 1.54) is 5.56 Å². The zero-order valence-corrected chi connectivity index (χ0v) is 11.4. The molecule has 0 aliphatic carbocycles. The van der Waals surface area contributed by atoms with E-state index in [1.807, 2.05) is 6.07 Å². The molecule has 1 heterocycles. The maximum atomic E-state index is 5.34. The summed E-state index contributed by atoms with van der Waals surface area (Å²) in [4.78, 5) is 2.48. The van der Waals surface area contributed by atoms with Crippen molar-refractivity contribution in [3.05, 3.63) is 23.8 Å². The number of hydrogen-bond donors (Lipinski definition) is 1. The molecule has 18 heavy (non-hydrogen) atoms. The van der Waals surface area contributed by atoms with Crippen molar-refractivity contribution in [2.45, 2.75) is 19.5 Å². The van der Waals surface area contributed by atoms with Crippen molar-refractivity contribution in [1.29, 1.82) is 0 Å². The maximum absolute atomic E-state index is 5.34. The molecule has 0 bridgehead atoms. The summed E-state index contributed by atoms with van der Waals surface area (Å²) in [5, 5.41) is 3.40. The normalized spacial score (nSPS) is 20.7. The second kappa shape index (κ2) is 6.07. The molecule has 2 rings (SSSR count). The maximum Gasteiger partial charge on any atom is 0.161 e. The van der Waals surface area contributed by atoms with Crippen molar-refractivity contribution < 1.29 is 9.47 Å². The van der Waals surface area contributed by atoms with Crippen LogP contribution in [0.15, 0.2) is 18.2 Å². The summed E-state index contributed by atoms with van der Waals surface area (Å²) in [5.41, 5.74) is 1.27. The molecule has 0 unspecified atom stereocenters. The molecule has 0 saturated carbocycles. The lowest BCUT2D eigenvalue weighted by atomic mass is 10.1. The summed E-state index contributed by atoms with van der Waals surface area (Å²) in [5.74, 6) is 1.59. The number of hydrogen-bond acceptors (Lipinski definition) is 4. The fourth-order valence-corrected chi connectivity index (χ4v) is 2.33. The summed E-state index contributed by atoms with van der Waals surface area (Å²) in [6, 6.07) is 6.72. The summed E-state index contributed by atoms with van der Waals surface area (Å²) < 4.78 is 10.6. The Bertz CT molecular complexity index is 395. The lowest BCUT2D eigenvalue weighted by Crippen LogP contribution is -2.49. The van der Waals surface area contributed by atoms with Gasteiger partial charge in [0.25, 0.3) is 0 Å². The molecule has 1 fully saturated rings. The first-order valence-corrected chi connectivity index (χ1v) is 6.40. The van der Waals surface area contributed by atoms with Crippen LogP contribution in [0.4, 0.5) is 0 Å². The summed E-state index contributed by atoms with van der Waals surface area (Å²) in [7, 11) is 3.34. The minimum atomic E-state index is 0.576. The first-order chi connectivity index (χ1) is 8.74. The molecule has 1 aromatic rings. The van der Waals surface area contributed by atoms with Gasteiger partial charge in [0.15, 0.2) is 11.5 Å². The van der Waals surface area contributed by atoms with Gasteiger partial charge in [-0.3, -0.25) is 4.90 Å². The van der Waals surface area contributed by atoms with E-state index in [2.05, 4.69) is 29.3 Å². The van der Waals surface area contributed by atoms with E-state index < -0.39 is 0 Å². The van der Waals surface area contributed by atoms with Gasteiger partial charge in [-0.1, -0.05) is 6.07 Å². The minimum absolute atomic E-state index is 0.576. The molecule has 4 nitrogen and oxygen atoms in total. The van der Waals surface area contributed by atoms with Crippen LogP contribution in [0, 0.1) is 0 Å². The highest BCUT2D eigenvalue weighted by atomic mass is 16.5. The minimum Gasteiger partial charge on any atom is -0.493 e. The Morgan fingerprint density at radius 2 is 2.06 bits per heavy atom. The second-order valence-corrected chi connectivity index (χ2v) is 4.71. The van der Waals surface area contributed by atoms with E-state index in [4.69, 9.17) is 9.47 Å². The molecule has 100 valence electrons. The number of nitrogens with one attached hydrogen (secondary N) is 1. The molecule has 1 atom stereocenters. The molecule has 1 aliphatic heterocycles. The van der Waals surface area contributed by atoms with E-state index in [0.29, 0.717) is 6.04 Å². The predicted molar refractivity (Wildman–Crippen MR) is 72.3 cm³/mol. The zero-order valence-electron chi connectivity index (χ0n) is 11.4. The summed E-state index contributed by atoms with van der Waals surface area (Å²) in [6.07, 6.45) is 0.